The first-order chi connectivity index (χ1) is 63.5. The highest BCUT2D eigenvalue weighted by molar-refractivity contribution is 6.39. The number of rotatable bonds is 20. The molecule has 11 heterocycles. The number of allylic oxidation sites excluding steroid dienone is 6. The van der Waals surface area contributed by atoms with Crippen molar-refractivity contribution >= 4 is 93.6 Å². The van der Waals surface area contributed by atoms with Crippen LogP contribution in [0, 0.1) is 29.6 Å². The molecule has 5 aromatic heterocycles. The van der Waals surface area contributed by atoms with Crippen molar-refractivity contribution in [2.24, 2.45) is 45.3 Å². The van der Waals surface area contributed by atoms with E-state index in [1.165, 1.54) is 32.0 Å². The maximum atomic E-state index is 14.7. The molecule has 9 N–H and O–H groups in total. The van der Waals surface area contributed by atoms with Crippen LogP contribution < -0.4 is 21.7 Å². The van der Waals surface area contributed by atoms with E-state index in [9.17, 15) is 53.7 Å². The summed E-state index contributed by atoms with van der Waals surface area (Å²) in [5.41, 5.74) is 21.8. The van der Waals surface area contributed by atoms with Gasteiger partial charge in [-0.15, -0.1) is 0 Å². The Morgan fingerprint density at radius 1 is 0.803 bits per heavy atom. The minimum atomic E-state index is -2.52. The number of carbonyl (C=O) groups excluding carboxylic acids is 8. The Labute approximate surface area is 769 Å². The molecule has 15 atom stereocenters. The van der Waals surface area contributed by atoms with Crippen LogP contribution in [0.2, 0.25) is 0 Å². The Bertz CT molecular complexity index is 5290. The molecule has 1 aromatic carbocycles. The summed E-state index contributed by atoms with van der Waals surface area (Å²) >= 11 is 0. The smallest absolute Gasteiger partial charge is 0.407 e. The summed E-state index contributed by atoms with van der Waals surface area (Å²) in [5.74, 6) is -8.27. The second-order valence-electron chi connectivity index (χ2n) is 36.4. The number of carbonyl (C=O) groups is 8. The van der Waals surface area contributed by atoms with E-state index in [4.69, 9.17) is 45.0 Å². The van der Waals surface area contributed by atoms with E-state index in [0.29, 0.717) is 175 Å². The molecular weight excluding hydrogens is 1690 g/mol. The van der Waals surface area contributed by atoms with Crippen molar-refractivity contribution in [3.05, 3.63) is 143 Å². The number of pyridine rings is 1. The van der Waals surface area contributed by atoms with Gasteiger partial charge in [0.25, 0.3) is 17.6 Å². The minimum Gasteiger partial charge on any atom is -0.459 e. The number of benzene rings is 1. The number of piperazine rings is 2. The van der Waals surface area contributed by atoms with Crippen LogP contribution in [0.25, 0.3) is 33.3 Å². The zero-order chi connectivity index (χ0) is 94.0. The van der Waals surface area contributed by atoms with Crippen molar-refractivity contribution in [2.75, 3.05) is 117 Å². The first-order valence-electron chi connectivity index (χ1n) is 46.2. The zero-order valence-corrected chi connectivity index (χ0v) is 77.2. The number of amides is 4. The molecule has 0 spiro atoms. The number of nitrogen functional groups attached to an aromatic ring is 1. The SMILES string of the molecule is C=N/C(=N\C=C(/C)CNC(=O)O[C@@H]1CC[C@@H](C[C@@H](N)[C@@H]2CC(=O)[C@H](C)/C=C(\C)[C@@H](O)[C@@H](O)C(=O)[C@H](C)C[C@H](C)/C=C/C=C/C=C(\C)[C@@H](OC)C[C@@H]3CC[C@@H](C)[C@@](O)(O3)C(=O)C(=O)N3CCCC[C@H]3C(=O)O2)C[C@H]1OC)N1CCN(C(=O)CCOCCN2CCN(c3ncc(C(=O)N4CCc5cc(Cn6nc(-c7cnc8[nH]ccc8c7)c7c(N)ncnc76)ccc5C4)cn3)CC2)CC1. The van der Waals surface area contributed by atoms with Crippen LogP contribution in [0.15, 0.2) is 131 Å². The largest absolute Gasteiger partial charge is 0.459 e. The van der Waals surface area contributed by atoms with Crippen molar-refractivity contribution < 1.29 is 82.1 Å². The molecule has 6 aliphatic heterocycles. The normalized spacial score (nSPS) is 28.2. The Hall–Kier alpha value is -11.2. The predicted molar refractivity (Wildman–Crippen MR) is 495 cm³/mol. The fourth-order valence-corrected chi connectivity index (χ4v) is 18.8. The average Bonchev–Trinajstić information content (AvgIpc) is 1.55. The summed E-state index contributed by atoms with van der Waals surface area (Å²) in [6.07, 6.45) is 17.3. The third-order valence-electron chi connectivity index (χ3n) is 26.9. The topological polar surface area (TPSA) is 459 Å². The molecule has 1 saturated carbocycles. The van der Waals surface area contributed by atoms with Crippen molar-refractivity contribution in [2.45, 2.75) is 212 Å². The second kappa shape index (κ2) is 45.5. The summed E-state index contributed by atoms with van der Waals surface area (Å²) in [6.45, 7) is 23.6. The van der Waals surface area contributed by atoms with Gasteiger partial charge >= 0.3 is 12.1 Å². The van der Waals surface area contributed by atoms with Gasteiger partial charge in [-0.1, -0.05) is 82.4 Å². The van der Waals surface area contributed by atoms with Crippen LogP contribution in [-0.2, 0) is 76.7 Å². The molecule has 13 rings (SSSR count). The number of hydrogen-bond donors (Lipinski definition) is 7. The van der Waals surface area contributed by atoms with Gasteiger partial charge in [0.15, 0.2) is 11.4 Å². The molecule has 0 radical (unpaired) electrons. The lowest BCUT2D eigenvalue weighted by molar-refractivity contribution is -0.265. The van der Waals surface area contributed by atoms with Gasteiger partial charge in [0.1, 0.15) is 59.7 Å². The number of nitrogens with one attached hydrogen (secondary N) is 2. The fourth-order valence-electron chi connectivity index (χ4n) is 18.8. The van der Waals surface area contributed by atoms with Gasteiger partial charge in [-0.2, -0.15) is 5.10 Å². The number of hydrogen-bond acceptors (Lipinski definition) is 28. The number of ketones is 3. The van der Waals surface area contributed by atoms with Gasteiger partial charge in [0, 0.05) is 178 Å². The third kappa shape index (κ3) is 24.4. The van der Waals surface area contributed by atoms with E-state index < -0.39 is 120 Å². The van der Waals surface area contributed by atoms with Gasteiger partial charge < -0.3 is 90.0 Å². The maximum Gasteiger partial charge on any atom is 0.407 e. The lowest BCUT2D eigenvalue weighted by Crippen LogP contribution is -2.61. The quantitative estimate of drug-likeness (QED) is 0.00966. The molecule has 132 heavy (non-hydrogen) atoms. The number of piperidine rings is 1. The van der Waals surface area contributed by atoms with Gasteiger partial charge in [-0.05, 0) is 155 Å². The highest BCUT2D eigenvalue weighted by Crippen LogP contribution is 2.39. The summed E-state index contributed by atoms with van der Waals surface area (Å²) in [4.78, 5) is 158. The minimum absolute atomic E-state index is 0.0109. The number of Topliss-reactive ketones (excluding diaryl/α,β-unsaturated/α-hetero) is 3. The summed E-state index contributed by atoms with van der Waals surface area (Å²) in [6, 6.07) is 8.02. The number of alkyl carbamates (subject to hydrolysis) is 1. The van der Waals surface area contributed by atoms with E-state index in [1.807, 2.05) is 77.0 Å². The van der Waals surface area contributed by atoms with Gasteiger partial charge in [0.05, 0.1) is 55.4 Å². The zero-order valence-electron chi connectivity index (χ0n) is 77.2. The van der Waals surface area contributed by atoms with Crippen LogP contribution in [0.4, 0.5) is 16.6 Å². The molecule has 2 bridgehead atoms. The first kappa shape index (κ1) is 98.3. The molecule has 36 heteroatoms. The lowest BCUT2D eigenvalue weighted by atomic mass is 9.80. The molecule has 36 nitrogen and oxygen atoms in total. The molecule has 4 saturated heterocycles. The van der Waals surface area contributed by atoms with Crippen LogP contribution in [0.3, 0.4) is 0 Å². The predicted octanol–water partition coefficient (Wildman–Crippen LogP) is 7.59. The number of aliphatic imine (C=N–C) groups is 2. The number of methoxy groups -OCH3 is 2. The van der Waals surface area contributed by atoms with Crippen LogP contribution in [0.5, 0.6) is 0 Å². The average molecular weight is 1820 g/mol. The third-order valence-corrected chi connectivity index (χ3v) is 26.9. The monoisotopic (exact) mass is 1820 g/mol. The van der Waals surface area contributed by atoms with Crippen LogP contribution in [0.1, 0.15) is 159 Å². The van der Waals surface area contributed by atoms with Crippen molar-refractivity contribution in [1.82, 2.24) is 69.5 Å². The summed E-state index contributed by atoms with van der Waals surface area (Å²) < 4.78 is 38.1. The van der Waals surface area contributed by atoms with Crippen molar-refractivity contribution in [3.8, 4) is 11.3 Å². The fraction of sp³-hybridized carbons (Fsp3) is 0.562. The standard InChI is InChI=1S/C96H129N19O17/c1-58-16-12-11-13-17-60(3)77(127-9)48-72-23-19-64(7)96(126,132-72)86(121)91(123)114-29-15-14-18-74(114)92(124)130-78(49-75(116)61(4)43-63(6)84(119)85(120)83(118)62(5)42-58)73(97)45-65-21-24-76(79(46-65)128-10)131-95(125)105-51-59(2)50-102-93(99-8)111-37-35-110(36-38-111)80(117)27-40-129-41-39-109-31-33-112(34-32-109)94-103-53-71(54-104-94)90(122)113-30-26-67-44-66(20-22-69(67)56-113)55-115-89-81(87(98)106-57-107-89)82(108-115)70-47-68-25-28-100-88(68)101-52-70/h11-13,16-17,20,22,25,28,43-44,47,50,52-54,57-58,61-62,64-65,72-74,76-79,84-85,119-120,126H,8,14-15,18-19,21,23-24,26-27,29-42,45-46,48-49,51,55-56,97H2,1-7,9-10H3,(H,100,101)(H,105,125)(H2,98,106,107)/b13-11+,16-12+,59-50+,60-17+,63-43+,102-93+/t58-,61-,62-,64-,65+,72+,73-,74+,76-,77+,78+,79-,84-,85+,96-/m1/s1. The molecule has 7 aliphatic rings. The number of aliphatic hydroxyl groups excluding tert-OH is 2. The summed E-state index contributed by atoms with van der Waals surface area (Å²) in [5, 5.41) is 44.1. The van der Waals surface area contributed by atoms with E-state index in [2.05, 4.69) is 79.9 Å². The van der Waals surface area contributed by atoms with Gasteiger partial charge in [-0.3, -0.25) is 33.7 Å². The van der Waals surface area contributed by atoms with E-state index in [0.717, 1.165) is 51.3 Å². The molecule has 4 amide bonds. The number of guanidine groups is 1. The van der Waals surface area contributed by atoms with Crippen molar-refractivity contribution in [1.29, 1.82) is 0 Å². The second-order valence-corrected chi connectivity index (χ2v) is 36.4. The molecule has 6 aromatic rings. The lowest BCUT2D eigenvalue weighted by Gasteiger charge is -2.42. The molecule has 710 valence electrons. The van der Waals surface area contributed by atoms with Gasteiger partial charge in [0.2, 0.25) is 23.6 Å². The number of H-pyrrole nitrogens is 1. The highest BCUT2D eigenvalue weighted by Gasteiger charge is 2.53. The Kier molecular flexibility index (Phi) is 33.9. The Morgan fingerprint density at radius 3 is 2.33 bits per heavy atom. The molecular formula is C96H129N19O17. The van der Waals surface area contributed by atoms with E-state index in [-0.39, 0.29) is 74.6 Å². The molecule has 5 fully saturated rings. The number of aromatic nitrogens is 8. The van der Waals surface area contributed by atoms with E-state index >= 15 is 0 Å². The number of ether oxygens (including phenoxy) is 6. The van der Waals surface area contributed by atoms with Crippen LogP contribution >= 0.6 is 0 Å². The number of anilines is 2. The number of aliphatic hydroxyl groups is 3. The van der Waals surface area contributed by atoms with Crippen molar-refractivity contribution in [3.63, 3.8) is 0 Å². The first-order valence-corrected chi connectivity index (χ1v) is 46.2. The molecule has 1 aliphatic carbocycles. The number of nitrogens with zero attached hydrogens (tertiary/aromatic N) is 15. The molecule has 0 unspecified atom stereocenters. The Morgan fingerprint density at radius 2 is 1.58 bits per heavy atom. The number of esters is 1. The number of nitrogens with two attached hydrogens (primary N) is 2. The van der Waals surface area contributed by atoms with Gasteiger partial charge in [-0.25, -0.2) is 49.2 Å². The van der Waals surface area contributed by atoms with E-state index in [1.54, 1.807) is 64.5 Å². The highest BCUT2D eigenvalue weighted by atomic mass is 16.6. The number of aromatic amines is 1. The maximum absolute atomic E-state index is 14.7. The number of cyclic esters (lactones) is 1. The Balaban J connectivity index is 0.528. The number of fused-ring (bicyclic) bond motifs is 6. The van der Waals surface area contributed by atoms with Crippen LogP contribution in [-0.4, -0.2) is 306 Å². The summed E-state index contributed by atoms with van der Waals surface area (Å²) in [7, 11) is 3.06.